The molecule has 21 heavy (non-hydrogen) atoms. The Morgan fingerprint density at radius 3 is 2.57 bits per heavy atom. The van der Waals surface area contributed by atoms with Crippen LogP contribution in [0.15, 0.2) is 18.2 Å². The lowest BCUT2D eigenvalue weighted by molar-refractivity contribution is 0.310. The molecule has 0 aliphatic carbocycles. The van der Waals surface area contributed by atoms with Gasteiger partial charge in [0, 0.05) is 13.1 Å². The van der Waals surface area contributed by atoms with Gasteiger partial charge in [0.25, 0.3) is 0 Å². The van der Waals surface area contributed by atoms with E-state index in [-0.39, 0.29) is 0 Å². The summed E-state index contributed by atoms with van der Waals surface area (Å²) in [5.74, 6) is 1.45. The van der Waals surface area contributed by atoms with Crippen LogP contribution in [0.25, 0.3) is 0 Å². The van der Waals surface area contributed by atoms with Crippen LogP contribution in [-0.2, 0) is 16.6 Å². The molecule has 1 rings (SSSR count). The highest BCUT2D eigenvalue weighted by molar-refractivity contribution is 7.88. The second-order valence-electron chi connectivity index (χ2n) is 4.62. The van der Waals surface area contributed by atoms with Gasteiger partial charge in [-0.3, -0.25) is 0 Å². The minimum Gasteiger partial charge on any atom is -0.493 e. The smallest absolute Gasteiger partial charge is 0.208 e. The van der Waals surface area contributed by atoms with Crippen LogP contribution in [0.5, 0.6) is 11.5 Å². The average molecular weight is 316 g/mol. The van der Waals surface area contributed by atoms with Crippen molar-refractivity contribution in [2.45, 2.75) is 19.9 Å². The minimum atomic E-state index is -3.09. The largest absolute Gasteiger partial charge is 0.493 e. The van der Waals surface area contributed by atoms with Crippen LogP contribution in [0.1, 0.15) is 18.9 Å². The number of ether oxygens (including phenoxy) is 2. The van der Waals surface area contributed by atoms with Gasteiger partial charge in [-0.05, 0) is 37.6 Å². The number of hydrogen-bond acceptors (Lipinski definition) is 5. The van der Waals surface area contributed by atoms with Crippen molar-refractivity contribution in [2.75, 3.05) is 33.1 Å². The predicted molar refractivity (Wildman–Crippen MR) is 83.3 cm³/mol. The van der Waals surface area contributed by atoms with E-state index < -0.39 is 10.0 Å². The van der Waals surface area contributed by atoms with Gasteiger partial charge in [-0.2, -0.15) is 0 Å². The van der Waals surface area contributed by atoms with E-state index in [9.17, 15) is 8.42 Å². The van der Waals surface area contributed by atoms with Gasteiger partial charge in [0.2, 0.25) is 10.0 Å². The molecular formula is C14H24N2O4S. The Bertz CT molecular complexity index is 532. The Labute approximate surface area is 126 Å². The third kappa shape index (κ3) is 7.31. The second-order valence-corrected chi connectivity index (χ2v) is 6.45. The summed E-state index contributed by atoms with van der Waals surface area (Å²) in [6, 6.07) is 5.81. The van der Waals surface area contributed by atoms with Crippen LogP contribution in [0.3, 0.4) is 0 Å². The fraction of sp³-hybridized carbons (Fsp3) is 0.571. The molecule has 0 radical (unpaired) electrons. The molecule has 0 unspecified atom stereocenters. The molecule has 0 aromatic heterocycles. The van der Waals surface area contributed by atoms with Crippen molar-refractivity contribution < 1.29 is 17.9 Å². The summed E-state index contributed by atoms with van der Waals surface area (Å²) in [6.45, 7) is 4.39. The van der Waals surface area contributed by atoms with Crippen LogP contribution >= 0.6 is 0 Å². The number of methoxy groups -OCH3 is 1. The Hall–Kier alpha value is -1.31. The number of benzene rings is 1. The number of sulfonamides is 1. The molecule has 0 amide bonds. The first-order valence-electron chi connectivity index (χ1n) is 6.91. The van der Waals surface area contributed by atoms with E-state index in [0.29, 0.717) is 19.7 Å². The first-order chi connectivity index (χ1) is 9.96. The van der Waals surface area contributed by atoms with Crippen LogP contribution in [0.4, 0.5) is 0 Å². The average Bonchev–Trinajstić information content (AvgIpc) is 2.42. The molecule has 7 heteroatoms. The molecule has 0 atom stereocenters. The summed E-state index contributed by atoms with van der Waals surface area (Å²) in [6.07, 6.45) is 1.90. The Morgan fingerprint density at radius 1 is 1.19 bits per heavy atom. The quantitative estimate of drug-likeness (QED) is 0.633. The predicted octanol–water partition coefficient (Wildman–Crippen LogP) is 1.12. The van der Waals surface area contributed by atoms with Crippen LogP contribution < -0.4 is 19.5 Å². The van der Waals surface area contributed by atoms with Gasteiger partial charge in [0.05, 0.1) is 20.0 Å². The van der Waals surface area contributed by atoms with Crippen molar-refractivity contribution in [3.63, 3.8) is 0 Å². The van der Waals surface area contributed by atoms with Gasteiger partial charge in [-0.1, -0.05) is 6.07 Å². The SMILES string of the molecule is CCOc1cc(CNCCCNS(C)(=O)=O)ccc1OC. The Morgan fingerprint density at radius 2 is 1.95 bits per heavy atom. The van der Waals surface area contributed by atoms with Crippen molar-refractivity contribution in [1.82, 2.24) is 10.0 Å². The van der Waals surface area contributed by atoms with E-state index in [1.54, 1.807) is 7.11 Å². The highest BCUT2D eigenvalue weighted by atomic mass is 32.2. The summed E-state index contributed by atoms with van der Waals surface area (Å²) < 4.78 is 35.0. The molecule has 6 nitrogen and oxygen atoms in total. The molecular weight excluding hydrogens is 292 g/mol. The van der Waals surface area contributed by atoms with E-state index in [2.05, 4.69) is 10.0 Å². The van der Waals surface area contributed by atoms with Crippen LogP contribution in [0, 0.1) is 0 Å². The molecule has 0 aliphatic rings. The minimum absolute atomic E-state index is 0.443. The number of hydrogen-bond donors (Lipinski definition) is 2. The molecule has 2 N–H and O–H groups in total. The van der Waals surface area contributed by atoms with Crippen LogP contribution in [0.2, 0.25) is 0 Å². The monoisotopic (exact) mass is 316 g/mol. The summed E-state index contributed by atoms with van der Waals surface area (Å²) >= 11 is 0. The molecule has 1 aromatic carbocycles. The van der Waals surface area contributed by atoms with Gasteiger partial charge in [0.15, 0.2) is 11.5 Å². The van der Waals surface area contributed by atoms with Crippen molar-refractivity contribution in [3.8, 4) is 11.5 Å². The maximum absolute atomic E-state index is 10.9. The topological polar surface area (TPSA) is 76.7 Å². The molecule has 0 aliphatic heterocycles. The van der Waals surface area contributed by atoms with Crippen molar-refractivity contribution in [3.05, 3.63) is 23.8 Å². The first kappa shape index (κ1) is 17.7. The third-order valence-electron chi connectivity index (χ3n) is 2.75. The molecule has 0 bridgehead atoms. The van der Waals surface area contributed by atoms with E-state index in [4.69, 9.17) is 9.47 Å². The molecule has 0 spiro atoms. The van der Waals surface area contributed by atoms with E-state index in [1.165, 1.54) is 0 Å². The second kappa shape index (κ2) is 8.86. The van der Waals surface area contributed by atoms with Gasteiger partial charge >= 0.3 is 0 Å². The zero-order valence-corrected chi connectivity index (χ0v) is 13.6. The lowest BCUT2D eigenvalue weighted by Gasteiger charge is -2.11. The maximum Gasteiger partial charge on any atom is 0.208 e. The molecule has 0 fully saturated rings. The van der Waals surface area contributed by atoms with Gasteiger partial charge in [-0.25, -0.2) is 13.1 Å². The van der Waals surface area contributed by atoms with Crippen molar-refractivity contribution in [1.29, 1.82) is 0 Å². The molecule has 0 saturated heterocycles. The van der Waals surface area contributed by atoms with Crippen molar-refractivity contribution >= 4 is 10.0 Å². The molecule has 120 valence electrons. The summed E-state index contributed by atoms with van der Waals surface area (Å²) in [4.78, 5) is 0. The highest BCUT2D eigenvalue weighted by Crippen LogP contribution is 2.27. The Kier molecular flexibility index (Phi) is 7.49. The van der Waals surface area contributed by atoms with Crippen molar-refractivity contribution in [2.24, 2.45) is 0 Å². The molecule has 0 saturated carbocycles. The van der Waals surface area contributed by atoms with E-state index >= 15 is 0 Å². The zero-order valence-electron chi connectivity index (χ0n) is 12.8. The molecule has 1 aromatic rings. The summed E-state index contributed by atoms with van der Waals surface area (Å²) in [5, 5.41) is 3.26. The lowest BCUT2D eigenvalue weighted by Crippen LogP contribution is -2.26. The third-order valence-corrected chi connectivity index (χ3v) is 3.48. The Balaban J connectivity index is 2.36. The molecule has 0 heterocycles. The van der Waals surface area contributed by atoms with Gasteiger partial charge in [-0.15, -0.1) is 0 Å². The highest BCUT2D eigenvalue weighted by Gasteiger charge is 2.05. The standard InChI is InChI=1S/C14H24N2O4S/c1-4-20-14-10-12(6-7-13(14)19-2)11-15-8-5-9-16-21(3,17)18/h6-7,10,15-16H,4-5,8-9,11H2,1-3H3. The van der Waals surface area contributed by atoms with E-state index in [1.807, 2.05) is 25.1 Å². The first-order valence-corrected chi connectivity index (χ1v) is 8.80. The fourth-order valence-electron chi connectivity index (χ4n) is 1.80. The van der Waals surface area contributed by atoms with Gasteiger partial charge in [0.1, 0.15) is 0 Å². The van der Waals surface area contributed by atoms with E-state index in [0.717, 1.165) is 36.3 Å². The van der Waals surface area contributed by atoms with Crippen LogP contribution in [-0.4, -0.2) is 41.5 Å². The summed E-state index contributed by atoms with van der Waals surface area (Å²) in [5.41, 5.74) is 1.09. The number of nitrogens with one attached hydrogen (secondary N) is 2. The zero-order chi connectivity index (χ0) is 15.7. The number of rotatable bonds is 10. The van der Waals surface area contributed by atoms with Gasteiger partial charge < -0.3 is 14.8 Å². The summed E-state index contributed by atoms with van der Waals surface area (Å²) in [7, 11) is -1.48. The fourth-order valence-corrected chi connectivity index (χ4v) is 2.32. The lowest BCUT2D eigenvalue weighted by atomic mass is 10.2. The maximum atomic E-state index is 10.9. The normalized spacial score (nSPS) is 11.4.